The van der Waals surface area contributed by atoms with Crippen LogP contribution in [0, 0.1) is 10.8 Å². The number of carbonyl (C=O) groups is 2. The second-order valence-corrected chi connectivity index (χ2v) is 6.93. The van der Waals surface area contributed by atoms with Gasteiger partial charge >= 0.3 is 5.97 Å². The van der Waals surface area contributed by atoms with Gasteiger partial charge in [-0.05, 0) is 26.3 Å². The van der Waals surface area contributed by atoms with Gasteiger partial charge in [0.15, 0.2) is 0 Å². The van der Waals surface area contributed by atoms with Crippen molar-refractivity contribution in [3.8, 4) is 0 Å². The first-order valence-corrected chi connectivity index (χ1v) is 7.85. The Morgan fingerprint density at radius 1 is 1.32 bits per heavy atom. The Morgan fingerprint density at radius 3 is 2.36 bits per heavy atom. The summed E-state index contributed by atoms with van der Waals surface area (Å²) in [5, 5.41) is 22.0. The molecule has 0 aromatic heterocycles. The van der Waals surface area contributed by atoms with Gasteiger partial charge in [0.05, 0.1) is 6.10 Å². The summed E-state index contributed by atoms with van der Waals surface area (Å²) in [6.45, 7) is 5.86. The van der Waals surface area contributed by atoms with E-state index in [0.717, 1.165) is 5.56 Å². The third-order valence-electron chi connectivity index (χ3n) is 4.15. The van der Waals surface area contributed by atoms with Gasteiger partial charge in [-0.2, -0.15) is 0 Å². The van der Waals surface area contributed by atoms with Gasteiger partial charge in [-0.3, -0.25) is 9.69 Å². The number of rotatable bonds is 4. The van der Waals surface area contributed by atoms with Crippen LogP contribution in [0.4, 0.5) is 0 Å². The molecule has 1 saturated heterocycles. The van der Waals surface area contributed by atoms with Gasteiger partial charge in [-0.1, -0.05) is 30.3 Å². The van der Waals surface area contributed by atoms with Crippen LogP contribution in [0.2, 0.25) is 0 Å². The maximum absolute atomic E-state index is 12.7. The van der Waals surface area contributed by atoms with Crippen LogP contribution in [0.3, 0.4) is 0 Å². The highest BCUT2D eigenvalue weighted by molar-refractivity contribution is 6.07. The first-order chi connectivity index (χ1) is 11.7. The van der Waals surface area contributed by atoms with E-state index in [1.807, 2.05) is 51.1 Å². The monoisotopic (exact) mass is 348 g/mol. The molecule has 1 aliphatic heterocycles. The third kappa shape index (κ3) is 4.32. The standard InChI is InChI=1S/C17H24N2O4.N2/c1-16(2,3)19-10-13(20)9-17(19,14(18)21)15(22)23-11-12-7-5-4-6-8-12;1-2/h4-8,13,20H,9-11H2,1-3H3,(H2,18,21);/t13-,17-;/m0./s1. The molecule has 1 aromatic carbocycles. The summed E-state index contributed by atoms with van der Waals surface area (Å²) in [7, 11) is 0. The van der Waals surface area contributed by atoms with Gasteiger partial charge in [-0.15, -0.1) is 0 Å². The number of nitrogens with zero attached hydrogens (tertiary/aromatic N) is 3. The molecule has 0 bridgehead atoms. The normalized spacial score (nSPS) is 23.4. The Hall–Kier alpha value is -2.50. The number of primary amides is 1. The highest BCUT2D eigenvalue weighted by atomic mass is 16.5. The maximum atomic E-state index is 12.7. The molecule has 0 saturated carbocycles. The number of benzene rings is 1. The highest BCUT2D eigenvalue weighted by Gasteiger charge is 2.59. The van der Waals surface area contributed by atoms with Crippen LogP contribution < -0.4 is 5.73 Å². The number of ether oxygens (including phenoxy) is 1. The molecule has 0 spiro atoms. The van der Waals surface area contributed by atoms with Crippen molar-refractivity contribution in [2.24, 2.45) is 5.73 Å². The van der Waals surface area contributed by atoms with Crippen LogP contribution in [0.1, 0.15) is 32.8 Å². The van der Waals surface area contributed by atoms with Crippen molar-refractivity contribution in [3.63, 3.8) is 0 Å². The molecule has 0 unspecified atom stereocenters. The summed E-state index contributed by atoms with van der Waals surface area (Å²) in [6.07, 6.45) is -0.848. The summed E-state index contributed by atoms with van der Waals surface area (Å²) in [6, 6.07) is 9.21. The van der Waals surface area contributed by atoms with Crippen molar-refractivity contribution in [3.05, 3.63) is 35.9 Å². The van der Waals surface area contributed by atoms with Crippen molar-refractivity contribution < 1.29 is 19.4 Å². The van der Waals surface area contributed by atoms with E-state index in [0.29, 0.717) is 0 Å². The summed E-state index contributed by atoms with van der Waals surface area (Å²) in [5.74, 6) is -1.50. The zero-order valence-electron chi connectivity index (χ0n) is 14.7. The molecule has 3 N–H and O–H groups in total. The molecule has 1 aromatic rings. The van der Waals surface area contributed by atoms with E-state index in [9.17, 15) is 14.7 Å². The SMILES string of the molecule is CC(C)(C)N1C[C@@H](O)C[C@]1(C(N)=O)C(=O)OCc1ccccc1.N#N. The van der Waals surface area contributed by atoms with Gasteiger partial charge in [0.1, 0.15) is 6.61 Å². The van der Waals surface area contributed by atoms with E-state index < -0.39 is 29.1 Å². The minimum absolute atomic E-state index is 0.0484. The van der Waals surface area contributed by atoms with E-state index in [1.165, 1.54) is 0 Å². The molecule has 1 fully saturated rings. The Kier molecular flexibility index (Phi) is 6.62. The maximum Gasteiger partial charge on any atom is 0.336 e. The fourth-order valence-corrected chi connectivity index (χ4v) is 3.10. The summed E-state index contributed by atoms with van der Waals surface area (Å²) in [5.41, 5.74) is 4.23. The number of hydrogen-bond acceptors (Lipinski definition) is 7. The van der Waals surface area contributed by atoms with E-state index in [-0.39, 0.29) is 19.6 Å². The number of amides is 1. The molecule has 8 nitrogen and oxygen atoms in total. The summed E-state index contributed by atoms with van der Waals surface area (Å²) in [4.78, 5) is 26.5. The number of nitrogens with two attached hydrogens (primary N) is 1. The molecule has 1 heterocycles. The van der Waals surface area contributed by atoms with E-state index in [4.69, 9.17) is 21.3 Å². The zero-order chi connectivity index (χ0) is 19.3. The fraction of sp³-hybridized carbons (Fsp3) is 0.529. The van der Waals surface area contributed by atoms with E-state index in [2.05, 4.69) is 0 Å². The molecule has 0 radical (unpaired) electrons. The lowest BCUT2D eigenvalue weighted by molar-refractivity contribution is -0.166. The quantitative estimate of drug-likeness (QED) is 0.467. The first-order valence-electron chi connectivity index (χ1n) is 7.85. The second-order valence-electron chi connectivity index (χ2n) is 6.93. The van der Waals surface area contributed by atoms with Crippen LogP contribution in [0.15, 0.2) is 30.3 Å². The molecular formula is C17H24N4O4. The van der Waals surface area contributed by atoms with Crippen molar-refractivity contribution in [1.29, 1.82) is 10.8 Å². The largest absolute Gasteiger partial charge is 0.459 e. The Labute approximate surface area is 147 Å². The lowest BCUT2D eigenvalue weighted by Gasteiger charge is -2.41. The number of aliphatic hydroxyl groups excluding tert-OH is 1. The lowest BCUT2D eigenvalue weighted by atomic mass is 9.90. The number of β-amino-alcohol motifs (C(OH)–C–C–N with tert-alkyl or cyclic N) is 1. The van der Waals surface area contributed by atoms with Crippen LogP contribution >= 0.6 is 0 Å². The highest BCUT2D eigenvalue weighted by Crippen LogP contribution is 2.37. The smallest absolute Gasteiger partial charge is 0.336 e. The number of carbonyl (C=O) groups excluding carboxylic acids is 2. The Bertz CT molecular complexity index is 627. The third-order valence-corrected chi connectivity index (χ3v) is 4.15. The Morgan fingerprint density at radius 2 is 1.88 bits per heavy atom. The van der Waals surface area contributed by atoms with Crippen LogP contribution in [0.25, 0.3) is 0 Å². The molecular weight excluding hydrogens is 324 g/mol. The molecule has 2 rings (SSSR count). The minimum atomic E-state index is -1.63. The Balaban J connectivity index is 0.00000151. The molecule has 0 aliphatic carbocycles. The summed E-state index contributed by atoms with van der Waals surface area (Å²) < 4.78 is 5.36. The molecule has 25 heavy (non-hydrogen) atoms. The predicted molar refractivity (Wildman–Crippen MR) is 88.7 cm³/mol. The van der Waals surface area contributed by atoms with Gasteiger partial charge < -0.3 is 15.6 Å². The van der Waals surface area contributed by atoms with Crippen molar-refractivity contribution >= 4 is 11.9 Å². The zero-order valence-corrected chi connectivity index (χ0v) is 14.7. The lowest BCUT2D eigenvalue weighted by Crippen LogP contribution is -2.64. The van der Waals surface area contributed by atoms with E-state index in [1.54, 1.807) is 4.90 Å². The first kappa shape index (κ1) is 20.5. The van der Waals surface area contributed by atoms with Gasteiger partial charge in [0, 0.05) is 29.3 Å². The number of hydrogen-bond donors (Lipinski definition) is 2. The van der Waals surface area contributed by atoms with Gasteiger partial charge in [0.2, 0.25) is 11.4 Å². The van der Waals surface area contributed by atoms with Crippen LogP contribution in [-0.4, -0.2) is 45.6 Å². The summed E-state index contributed by atoms with van der Waals surface area (Å²) >= 11 is 0. The number of likely N-dealkylation sites (tertiary alicyclic amines) is 1. The van der Waals surface area contributed by atoms with Crippen LogP contribution in [0.5, 0.6) is 0 Å². The molecule has 1 aliphatic rings. The van der Waals surface area contributed by atoms with Crippen molar-refractivity contribution in [2.75, 3.05) is 6.54 Å². The van der Waals surface area contributed by atoms with Gasteiger partial charge in [0.25, 0.3) is 0 Å². The van der Waals surface area contributed by atoms with Gasteiger partial charge in [-0.25, -0.2) is 4.79 Å². The minimum Gasteiger partial charge on any atom is -0.459 e. The fourth-order valence-electron chi connectivity index (χ4n) is 3.10. The average molecular weight is 348 g/mol. The number of esters is 1. The second kappa shape index (κ2) is 8.05. The molecule has 1 amide bonds. The molecule has 136 valence electrons. The average Bonchev–Trinajstić information content (AvgIpc) is 2.94. The molecule has 2 atom stereocenters. The topological polar surface area (TPSA) is 140 Å². The number of aliphatic hydroxyl groups is 1. The van der Waals surface area contributed by atoms with E-state index >= 15 is 0 Å². The van der Waals surface area contributed by atoms with Crippen molar-refractivity contribution in [1.82, 2.24) is 4.90 Å². The predicted octanol–water partition coefficient (Wildman–Crippen LogP) is 0.849. The van der Waals surface area contributed by atoms with Crippen molar-refractivity contribution in [2.45, 2.75) is 51.0 Å². The van der Waals surface area contributed by atoms with Crippen LogP contribution in [-0.2, 0) is 20.9 Å². The molecule has 8 heteroatoms.